The SMILES string of the molecule is CC(C)=CCCC(C)=CCCC(C)=CCCC(C)(O)CCc1cc(O)c(O)cc1C. The molecule has 0 aliphatic carbocycles. The van der Waals surface area contributed by atoms with Gasteiger partial charge in [-0.25, -0.2) is 0 Å². The van der Waals surface area contributed by atoms with Crippen molar-refractivity contribution in [2.75, 3.05) is 0 Å². The monoisotopic (exact) mass is 414 g/mol. The van der Waals surface area contributed by atoms with Crippen molar-refractivity contribution in [3.63, 3.8) is 0 Å². The molecule has 1 aromatic carbocycles. The maximum absolute atomic E-state index is 10.7. The molecule has 1 unspecified atom stereocenters. The first-order chi connectivity index (χ1) is 14.0. The van der Waals surface area contributed by atoms with E-state index >= 15 is 0 Å². The van der Waals surface area contributed by atoms with Crippen LogP contribution in [0.5, 0.6) is 11.5 Å². The third-order valence-corrected chi connectivity index (χ3v) is 5.66. The van der Waals surface area contributed by atoms with Gasteiger partial charge in [0.1, 0.15) is 0 Å². The molecule has 0 spiro atoms. The topological polar surface area (TPSA) is 60.7 Å². The van der Waals surface area contributed by atoms with Gasteiger partial charge < -0.3 is 15.3 Å². The summed E-state index contributed by atoms with van der Waals surface area (Å²) >= 11 is 0. The van der Waals surface area contributed by atoms with Crippen LogP contribution in [0.3, 0.4) is 0 Å². The highest BCUT2D eigenvalue weighted by atomic mass is 16.3. The van der Waals surface area contributed by atoms with Crippen LogP contribution in [-0.2, 0) is 6.42 Å². The minimum absolute atomic E-state index is 0.0958. The van der Waals surface area contributed by atoms with Gasteiger partial charge in [0, 0.05) is 0 Å². The predicted molar refractivity (Wildman–Crippen MR) is 128 cm³/mol. The Morgan fingerprint density at radius 3 is 1.97 bits per heavy atom. The summed E-state index contributed by atoms with van der Waals surface area (Å²) in [5.74, 6) is -0.198. The largest absolute Gasteiger partial charge is 0.504 e. The average molecular weight is 415 g/mol. The number of aromatic hydroxyl groups is 2. The summed E-state index contributed by atoms with van der Waals surface area (Å²) in [7, 11) is 0. The molecule has 1 atom stereocenters. The summed E-state index contributed by atoms with van der Waals surface area (Å²) in [5.41, 5.74) is 5.36. The molecule has 0 bridgehead atoms. The van der Waals surface area contributed by atoms with E-state index in [1.807, 2.05) is 13.8 Å². The number of hydrogen-bond donors (Lipinski definition) is 3. The number of allylic oxidation sites excluding steroid dienone is 6. The Morgan fingerprint density at radius 2 is 1.37 bits per heavy atom. The number of rotatable bonds is 12. The molecule has 0 aliphatic heterocycles. The molecule has 3 nitrogen and oxygen atoms in total. The summed E-state index contributed by atoms with van der Waals surface area (Å²) < 4.78 is 0. The standard InChI is InChI=1S/C27H42O3/c1-20(2)10-7-11-21(3)12-8-13-22(4)14-9-16-27(6,30)17-15-24-19-26(29)25(28)18-23(24)5/h10,12,14,18-19,28-30H,7-9,11,13,15-17H2,1-6H3. The van der Waals surface area contributed by atoms with E-state index < -0.39 is 5.60 Å². The van der Waals surface area contributed by atoms with Crippen molar-refractivity contribution in [3.05, 3.63) is 58.2 Å². The zero-order valence-corrected chi connectivity index (χ0v) is 19.9. The molecule has 0 heterocycles. The summed E-state index contributed by atoms with van der Waals surface area (Å²) in [6.07, 6.45) is 14.2. The second-order valence-electron chi connectivity index (χ2n) is 9.26. The second-order valence-corrected chi connectivity index (χ2v) is 9.26. The zero-order chi connectivity index (χ0) is 22.7. The molecule has 1 rings (SSSR count). The highest BCUT2D eigenvalue weighted by Gasteiger charge is 2.20. The average Bonchev–Trinajstić information content (AvgIpc) is 2.63. The van der Waals surface area contributed by atoms with E-state index in [4.69, 9.17) is 0 Å². The molecule has 3 N–H and O–H groups in total. The van der Waals surface area contributed by atoms with Crippen molar-refractivity contribution in [1.82, 2.24) is 0 Å². The summed E-state index contributed by atoms with van der Waals surface area (Å²) in [4.78, 5) is 0. The second kappa shape index (κ2) is 12.6. The van der Waals surface area contributed by atoms with Gasteiger partial charge in [-0.05, 0) is 116 Å². The number of phenolic OH excluding ortho intramolecular Hbond substituents is 2. The molecule has 1 aromatic rings. The Labute approximate surface area is 183 Å². The van der Waals surface area contributed by atoms with Crippen LogP contribution in [0, 0.1) is 6.92 Å². The molecule has 3 heteroatoms. The van der Waals surface area contributed by atoms with Gasteiger partial charge in [-0.2, -0.15) is 0 Å². The molecular formula is C27H42O3. The van der Waals surface area contributed by atoms with E-state index in [-0.39, 0.29) is 11.5 Å². The lowest BCUT2D eigenvalue weighted by atomic mass is 9.90. The molecule has 0 aromatic heterocycles. The van der Waals surface area contributed by atoms with Crippen LogP contribution >= 0.6 is 0 Å². The quantitative estimate of drug-likeness (QED) is 0.248. The third kappa shape index (κ3) is 10.7. The van der Waals surface area contributed by atoms with Gasteiger partial charge in [0.15, 0.2) is 11.5 Å². The Morgan fingerprint density at radius 1 is 0.833 bits per heavy atom. The van der Waals surface area contributed by atoms with Gasteiger partial charge in [0.2, 0.25) is 0 Å². The lowest BCUT2D eigenvalue weighted by molar-refractivity contribution is 0.0432. The van der Waals surface area contributed by atoms with Crippen molar-refractivity contribution >= 4 is 0 Å². The highest BCUT2D eigenvalue weighted by molar-refractivity contribution is 5.45. The zero-order valence-electron chi connectivity index (χ0n) is 19.9. The summed E-state index contributed by atoms with van der Waals surface area (Å²) in [6.45, 7) is 12.5. The molecule has 0 saturated carbocycles. The van der Waals surface area contributed by atoms with Gasteiger partial charge in [0.05, 0.1) is 5.60 Å². The fourth-order valence-corrected chi connectivity index (χ4v) is 3.49. The van der Waals surface area contributed by atoms with Crippen LogP contribution in [0.4, 0.5) is 0 Å². The van der Waals surface area contributed by atoms with E-state index in [2.05, 4.69) is 45.9 Å². The molecule has 0 fully saturated rings. The first-order valence-corrected chi connectivity index (χ1v) is 11.2. The first-order valence-electron chi connectivity index (χ1n) is 11.2. The van der Waals surface area contributed by atoms with Crippen molar-refractivity contribution in [3.8, 4) is 11.5 Å². The van der Waals surface area contributed by atoms with Gasteiger partial charge in [-0.3, -0.25) is 0 Å². The van der Waals surface area contributed by atoms with Gasteiger partial charge in [-0.1, -0.05) is 34.9 Å². The lowest BCUT2D eigenvalue weighted by Gasteiger charge is -2.23. The molecule has 0 aliphatic rings. The normalized spacial score (nSPS) is 14.5. The number of benzene rings is 1. The van der Waals surface area contributed by atoms with Crippen LogP contribution in [0.25, 0.3) is 0 Å². The van der Waals surface area contributed by atoms with Crippen LogP contribution in [0.2, 0.25) is 0 Å². The van der Waals surface area contributed by atoms with E-state index in [1.54, 1.807) is 12.1 Å². The van der Waals surface area contributed by atoms with Crippen molar-refractivity contribution < 1.29 is 15.3 Å². The van der Waals surface area contributed by atoms with Crippen molar-refractivity contribution in [1.29, 1.82) is 0 Å². The number of aryl methyl sites for hydroxylation is 2. The summed E-state index contributed by atoms with van der Waals surface area (Å²) in [6, 6.07) is 3.17. The lowest BCUT2D eigenvalue weighted by Crippen LogP contribution is -2.24. The predicted octanol–water partition coefficient (Wildman–Crippen LogP) is 7.29. The summed E-state index contributed by atoms with van der Waals surface area (Å²) in [5, 5.41) is 30.0. The van der Waals surface area contributed by atoms with Crippen LogP contribution in [0.15, 0.2) is 47.1 Å². The maximum atomic E-state index is 10.7. The van der Waals surface area contributed by atoms with Crippen LogP contribution in [0.1, 0.15) is 90.7 Å². The van der Waals surface area contributed by atoms with E-state index in [0.717, 1.165) is 43.2 Å². The van der Waals surface area contributed by atoms with Crippen molar-refractivity contribution in [2.24, 2.45) is 0 Å². The highest BCUT2D eigenvalue weighted by Crippen LogP contribution is 2.30. The Bertz CT molecular complexity index is 763. The minimum atomic E-state index is -0.752. The Hall–Kier alpha value is -2.00. The molecule has 168 valence electrons. The molecule has 30 heavy (non-hydrogen) atoms. The fourth-order valence-electron chi connectivity index (χ4n) is 3.49. The van der Waals surface area contributed by atoms with Crippen LogP contribution < -0.4 is 0 Å². The molecular weight excluding hydrogens is 372 g/mol. The van der Waals surface area contributed by atoms with Gasteiger partial charge >= 0.3 is 0 Å². The fraction of sp³-hybridized carbons (Fsp3) is 0.556. The number of phenols is 2. The van der Waals surface area contributed by atoms with Gasteiger partial charge in [-0.15, -0.1) is 0 Å². The third-order valence-electron chi connectivity index (χ3n) is 5.66. The van der Waals surface area contributed by atoms with Gasteiger partial charge in [0.25, 0.3) is 0 Å². The number of aliphatic hydroxyl groups is 1. The van der Waals surface area contributed by atoms with E-state index in [0.29, 0.717) is 19.3 Å². The number of hydrogen-bond acceptors (Lipinski definition) is 3. The first kappa shape index (κ1) is 26.0. The molecule has 0 saturated heterocycles. The smallest absolute Gasteiger partial charge is 0.157 e. The maximum Gasteiger partial charge on any atom is 0.157 e. The van der Waals surface area contributed by atoms with Crippen molar-refractivity contribution in [2.45, 2.75) is 98.5 Å². The minimum Gasteiger partial charge on any atom is -0.504 e. The Kier molecular flexibility index (Phi) is 11.0. The van der Waals surface area contributed by atoms with E-state index in [1.165, 1.54) is 16.7 Å². The molecule has 0 amide bonds. The Balaban J connectivity index is 2.40. The van der Waals surface area contributed by atoms with E-state index in [9.17, 15) is 15.3 Å². The van der Waals surface area contributed by atoms with Crippen LogP contribution in [-0.4, -0.2) is 20.9 Å². The molecule has 0 radical (unpaired) electrons.